The van der Waals surface area contributed by atoms with E-state index in [4.69, 9.17) is 10.3 Å². The van der Waals surface area contributed by atoms with Gasteiger partial charge in [-0.05, 0) is 24.3 Å². The lowest BCUT2D eigenvalue weighted by atomic mass is 9.83. The maximum absolute atomic E-state index is 10.8. The van der Waals surface area contributed by atoms with E-state index in [1.807, 2.05) is 6.92 Å². The minimum atomic E-state index is -0.742. The van der Waals surface area contributed by atoms with Crippen molar-refractivity contribution in [2.45, 2.75) is 44.9 Å². The van der Waals surface area contributed by atoms with E-state index in [9.17, 15) is 9.90 Å². The van der Waals surface area contributed by atoms with Crippen LogP contribution in [0.4, 0.5) is 0 Å². The lowest BCUT2D eigenvalue weighted by molar-refractivity contribution is -0.157. The molecule has 0 aliphatic heterocycles. The van der Waals surface area contributed by atoms with Gasteiger partial charge in [0.15, 0.2) is 0 Å². The molecule has 0 heterocycles. The van der Waals surface area contributed by atoms with Gasteiger partial charge in [0, 0.05) is 11.8 Å². The monoisotopic (exact) mass is 213 g/mol. The third-order valence-corrected chi connectivity index (χ3v) is 2.55. The molecule has 1 unspecified atom stereocenters. The molecule has 15 heavy (non-hydrogen) atoms. The Morgan fingerprint density at radius 2 is 2.27 bits per heavy atom. The number of aliphatic hydroxyl groups excluding tert-OH is 1. The summed E-state index contributed by atoms with van der Waals surface area (Å²) in [4.78, 5) is 13.5. The van der Waals surface area contributed by atoms with E-state index in [0.29, 0.717) is 12.8 Å². The molecule has 0 bridgehead atoms. The Kier molecular flexibility index (Phi) is 3.94. The topological polar surface area (TPSA) is 95.3 Å². The molecule has 4 atom stereocenters. The maximum Gasteiger partial charge on any atom is 0.303 e. The molecule has 1 fully saturated rings. The van der Waals surface area contributed by atoms with Crippen LogP contribution in [0, 0.1) is 5.92 Å². The van der Waals surface area contributed by atoms with E-state index in [0.717, 1.165) is 0 Å². The molecule has 0 aromatic carbocycles. The Balaban J connectivity index is 2.76. The van der Waals surface area contributed by atoms with Crippen LogP contribution >= 0.6 is 0 Å². The molecule has 0 aromatic heterocycles. The molecular weight excluding hydrogens is 198 g/mol. The SMILES string of the molecule is CC(=O)O[C@H]1C(N=[N+]=[N-])C[C@H](C)C[C@@H]1O. The highest BCUT2D eigenvalue weighted by atomic mass is 16.6. The van der Waals surface area contributed by atoms with Crippen molar-refractivity contribution >= 4 is 5.97 Å². The number of azide groups is 1. The van der Waals surface area contributed by atoms with Crippen LogP contribution in [-0.2, 0) is 9.53 Å². The fraction of sp³-hybridized carbons (Fsp3) is 0.889. The normalized spacial score (nSPS) is 35.4. The quantitative estimate of drug-likeness (QED) is 0.325. The third kappa shape index (κ3) is 3.11. The predicted octanol–water partition coefficient (Wildman–Crippen LogP) is 1.39. The third-order valence-electron chi connectivity index (χ3n) is 2.55. The Bertz CT molecular complexity index is 288. The van der Waals surface area contributed by atoms with Gasteiger partial charge in [-0.1, -0.05) is 12.0 Å². The summed E-state index contributed by atoms with van der Waals surface area (Å²) in [6, 6.07) is -0.461. The average molecular weight is 213 g/mol. The van der Waals surface area contributed by atoms with Gasteiger partial charge < -0.3 is 9.84 Å². The molecule has 1 saturated carbocycles. The molecule has 1 aliphatic carbocycles. The van der Waals surface area contributed by atoms with E-state index in [1.54, 1.807) is 0 Å². The summed E-state index contributed by atoms with van der Waals surface area (Å²) in [6.07, 6.45) is -0.239. The van der Waals surface area contributed by atoms with Crippen LogP contribution in [0.1, 0.15) is 26.7 Å². The number of carbonyl (C=O) groups is 1. The zero-order valence-corrected chi connectivity index (χ0v) is 8.83. The van der Waals surface area contributed by atoms with Crippen LogP contribution in [0.5, 0.6) is 0 Å². The minimum absolute atomic E-state index is 0.266. The van der Waals surface area contributed by atoms with Gasteiger partial charge in [0.2, 0.25) is 0 Å². The summed E-state index contributed by atoms with van der Waals surface area (Å²) >= 11 is 0. The highest BCUT2D eigenvalue weighted by Crippen LogP contribution is 2.29. The number of hydrogen-bond acceptors (Lipinski definition) is 4. The molecule has 1 aliphatic rings. The fourth-order valence-corrected chi connectivity index (χ4v) is 1.97. The first kappa shape index (κ1) is 11.8. The smallest absolute Gasteiger partial charge is 0.303 e. The van der Waals surface area contributed by atoms with Crippen molar-refractivity contribution in [3.8, 4) is 0 Å². The van der Waals surface area contributed by atoms with E-state index < -0.39 is 24.2 Å². The summed E-state index contributed by atoms with van der Waals surface area (Å²) in [5.41, 5.74) is 8.38. The fourth-order valence-electron chi connectivity index (χ4n) is 1.97. The number of hydrogen-bond donors (Lipinski definition) is 1. The van der Waals surface area contributed by atoms with Crippen LogP contribution in [0.25, 0.3) is 10.4 Å². The molecule has 6 heteroatoms. The summed E-state index contributed by atoms with van der Waals surface area (Å²) in [6.45, 7) is 3.24. The van der Waals surface area contributed by atoms with Crippen LogP contribution < -0.4 is 0 Å². The molecular formula is C9H15N3O3. The van der Waals surface area contributed by atoms with Crippen molar-refractivity contribution in [3.05, 3.63) is 10.4 Å². The van der Waals surface area contributed by atoms with E-state index in [2.05, 4.69) is 10.0 Å². The van der Waals surface area contributed by atoms with E-state index in [1.165, 1.54) is 6.92 Å². The van der Waals surface area contributed by atoms with Crippen LogP contribution in [0.2, 0.25) is 0 Å². The average Bonchev–Trinajstić information content (AvgIpc) is 2.11. The first-order valence-corrected chi connectivity index (χ1v) is 4.94. The predicted molar refractivity (Wildman–Crippen MR) is 52.9 cm³/mol. The molecule has 1 rings (SSSR count). The van der Waals surface area contributed by atoms with E-state index >= 15 is 0 Å². The summed E-state index contributed by atoms with van der Waals surface area (Å²) < 4.78 is 4.96. The summed E-state index contributed by atoms with van der Waals surface area (Å²) in [5, 5.41) is 13.3. The number of ether oxygens (including phenoxy) is 1. The number of esters is 1. The zero-order chi connectivity index (χ0) is 11.4. The molecule has 0 amide bonds. The highest BCUT2D eigenvalue weighted by Gasteiger charge is 2.37. The second kappa shape index (κ2) is 5.00. The van der Waals surface area contributed by atoms with Crippen molar-refractivity contribution in [2.75, 3.05) is 0 Å². The Morgan fingerprint density at radius 1 is 1.60 bits per heavy atom. The van der Waals surface area contributed by atoms with Crippen molar-refractivity contribution in [2.24, 2.45) is 11.0 Å². The lowest BCUT2D eigenvalue weighted by Crippen LogP contribution is -2.45. The molecule has 84 valence electrons. The van der Waals surface area contributed by atoms with Crippen molar-refractivity contribution < 1.29 is 14.6 Å². The van der Waals surface area contributed by atoms with Gasteiger partial charge in [-0.25, -0.2) is 0 Å². The summed E-state index contributed by atoms with van der Waals surface area (Å²) in [5.74, 6) is -0.200. The molecule has 1 N–H and O–H groups in total. The molecule has 0 radical (unpaired) electrons. The highest BCUT2D eigenvalue weighted by molar-refractivity contribution is 5.66. The largest absolute Gasteiger partial charge is 0.459 e. The zero-order valence-electron chi connectivity index (χ0n) is 8.83. The van der Waals surface area contributed by atoms with Crippen molar-refractivity contribution in [3.63, 3.8) is 0 Å². The molecule has 6 nitrogen and oxygen atoms in total. The second-order valence-corrected chi connectivity index (χ2v) is 3.99. The molecule has 0 spiro atoms. The van der Waals surface area contributed by atoms with E-state index in [-0.39, 0.29) is 5.92 Å². The number of rotatable bonds is 2. The maximum atomic E-state index is 10.8. The lowest BCUT2D eigenvalue weighted by Gasteiger charge is -2.35. The van der Waals surface area contributed by atoms with Gasteiger partial charge in [0.25, 0.3) is 0 Å². The first-order valence-electron chi connectivity index (χ1n) is 4.94. The Hall–Kier alpha value is -1.26. The summed E-state index contributed by atoms with van der Waals surface area (Å²) in [7, 11) is 0. The van der Waals surface area contributed by atoms with Gasteiger partial charge in [-0.3, -0.25) is 4.79 Å². The minimum Gasteiger partial charge on any atom is -0.459 e. The van der Waals surface area contributed by atoms with Crippen molar-refractivity contribution in [1.82, 2.24) is 0 Å². The number of nitrogens with zero attached hydrogens (tertiary/aromatic N) is 3. The number of carbonyl (C=O) groups excluding carboxylic acids is 1. The molecule has 0 saturated heterocycles. The van der Waals surface area contributed by atoms with Crippen LogP contribution in [-0.4, -0.2) is 29.3 Å². The van der Waals surface area contributed by atoms with Gasteiger partial charge in [0.1, 0.15) is 6.10 Å². The number of aliphatic hydroxyl groups is 1. The Morgan fingerprint density at radius 3 is 2.80 bits per heavy atom. The van der Waals surface area contributed by atoms with Crippen LogP contribution in [0.3, 0.4) is 0 Å². The Labute approximate surface area is 87.9 Å². The van der Waals surface area contributed by atoms with Gasteiger partial charge in [0.05, 0.1) is 12.1 Å². The van der Waals surface area contributed by atoms with Gasteiger partial charge >= 0.3 is 5.97 Å². The second-order valence-electron chi connectivity index (χ2n) is 3.99. The van der Waals surface area contributed by atoms with Crippen molar-refractivity contribution in [1.29, 1.82) is 0 Å². The first-order chi connectivity index (χ1) is 7.04. The van der Waals surface area contributed by atoms with Gasteiger partial charge in [-0.2, -0.15) is 0 Å². The van der Waals surface area contributed by atoms with Gasteiger partial charge in [-0.15, -0.1) is 0 Å². The van der Waals surface area contributed by atoms with Crippen LogP contribution in [0.15, 0.2) is 5.11 Å². The molecule has 0 aromatic rings. The standard InChI is InChI=1S/C9H15N3O3/c1-5-3-7(11-12-10)9(8(14)4-5)15-6(2)13/h5,7-9,14H,3-4H2,1-2H3/t5-,7?,8-,9-/m0/s1.